The Morgan fingerprint density at radius 2 is 1.94 bits per heavy atom. The minimum atomic E-state index is -1.76. The highest BCUT2D eigenvalue weighted by Crippen LogP contribution is 2.68. The zero-order valence-electron chi connectivity index (χ0n) is 19.0. The molecule has 32 heavy (non-hydrogen) atoms. The molecule has 2 heterocycles. The van der Waals surface area contributed by atoms with Crippen LogP contribution in [0.2, 0.25) is 0 Å². The molecule has 178 valence electrons. The molecule has 3 fully saturated rings. The standard InChI is InChI=1S/C22H30O10/c1-8-16-21(19(24)27-7)17(31-14(3)23)9-15-18(29-12-26-6)22(21,13(2)30-16)32-20(15,4)10-28-11-25-5/h1,15-18H,2,9-12H2,3-7H3/t15-,16+,17-,18-,20+,21+,22-/m1/s1. The molecule has 1 saturated carbocycles. The average molecular weight is 454 g/mol. The van der Waals surface area contributed by atoms with Gasteiger partial charge < -0.3 is 37.9 Å². The normalized spacial score (nSPS) is 39.7. The molecule has 0 N–H and O–H groups in total. The second-order valence-electron chi connectivity index (χ2n) is 8.29. The Labute approximate surface area is 187 Å². The van der Waals surface area contributed by atoms with Crippen molar-refractivity contribution in [1.29, 1.82) is 0 Å². The lowest BCUT2D eigenvalue weighted by atomic mass is 9.56. The Morgan fingerprint density at radius 3 is 2.50 bits per heavy atom. The van der Waals surface area contributed by atoms with E-state index in [1.807, 2.05) is 6.92 Å². The first-order chi connectivity index (χ1) is 15.2. The molecule has 2 bridgehead atoms. The maximum atomic E-state index is 13.5. The highest BCUT2D eigenvalue weighted by molar-refractivity contribution is 5.84. The molecule has 2 saturated heterocycles. The molecule has 1 spiro atoms. The van der Waals surface area contributed by atoms with Crippen LogP contribution in [0, 0.1) is 23.7 Å². The zero-order valence-corrected chi connectivity index (χ0v) is 19.0. The lowest BCUT2D eigenvalue weighted by Gasteiger charge is -2.49. The summed E-state index contributed by atoms with van der Waals surface area (Å²) in [6.07, 6.45) is 2.98. The van der Waals surface area contributed by atoms with Gasteiger partial charge in [0, 0.05) is 27.1 Å². The van der Waals surface area contributed by atoms with Crippen molar-refractivity contribution < 1.29 is 47.5 Å². The van der Waals surface area contributed by atoms with E-state index >= 15 is 0 Å². The van der Waals surface area contributed by atoms with Gasteiger partial charge >= 0.3 is 11.9 Å². The quantitative estimate of drug-likeness (QED) is 0.215. The molecule has 0 aromatic carbocycles. The fourth-order valence-electron chi connectivity index (χ4n) is 5.49. The van der Waals surface area contributed by atoms with E-state index in [1.165, 1.54) is 28.3 Å². The maximum Gasteiger partial charge on any atom is 0.324 e. The van der Waals surface area contributed by atoms with Crippen LogP contribution in [-0.2, 0) is 47.5 Å². The molecular formula is C22H30O10. The lowest BCUT2D eigenvalue weighted by molar-refractivity contribution is -0.232. The van der Waals surface area contributed by atoms with Crippen LogP contribution in [0.3, 0.4) is 0 Å². The van der Waals surface area contributed by atoms with E-state index in [4.69, 9.17) is 44.3 Å². The van der Waals surface area contributed by atoms with Gasteiger partial charge in [-0.15, -0.1) is 6.42 Å². The van der Waals surface area contributed by atoms with Crippen molar-refractivity contribution in [3.8, 4) is 12.3 Å². The summed E-state index contributed by atoms with van der Waals surface area (Å²) in [5, 5.41) is 0. The van der Waals surface area contributed by atoms with Gasteiger partial charge in [0.25, 0.3) is 0 Å². The van der Waals surface area contributed by atoms with Crippen molar-refractivity contribution in [2.45, 2.75) is 49.8 Å². The van der Waals surface area contributed by atoms with E-state index in [1.54, 1.807) is 0 Å². The molecule has 10 nitrogen and oxygen atoms in total. The smallest absolute Gasteiger partial charge is 0.324 e. The Kier molecular flexibility index (Phi) is 6.88. The van der Waals surface area contributed by atoms with Gasteiger partial charge in [-0.25, -0.2) is 0 Å². The highest BCUT2D eigenvalue weighted by atomic mass is 16.7. The van der Waals surface area contributed by atoms with Gasteiger partial charge in [-0.1, -0.05) is 12.5 Å². The SMILES string of the molecule is C#C[C@@H]1OC(=C)[C@]23O[C@@](C)(COCOC)[C@H](C[C@@H](OC(C)=O)[C@]12C(=O)OC)[C@H]3OCOC. The summed E-state index contributed by atoms with van der Waals surface area (Å²) in [4.78, 5) is 25.6. The molecule has 3 rings (SSSR count). The molecule has 0 radical (unpaired) electrons. The number of hydrogen-bond donors (Lipinski definition) is 0. The molecule has 0 aromatic rings. The number of hydrogen-bond acceptors (Lipinski definition) is 10. The van der Waals surface area contributed by atoms with Crippen molar-refractivity contribution in [3.05, 3.63) is 12.3 Å². The number of rotatable bonds is 9. The van der Waals surface area contributed by atoms with Crippen molar-refractivity contribution >= 4 is 11.9 Å². The van der Waals surface area contributed by atoms with Gasteiger partial charge in [0.2, 0.25) is 0 Å². The second-order valence-corrected chi connectivity index (χ2v) is 8.29. The number of esters is 2. The Morgan fingerprint density at radius 1 is 1.25 bits per heavy atom. The third kappa shape index (κ3) is 3.23. The van der Waals surface area contributed by atoms with E-state index in [9.17, 15) is 9.59 Å². The van der Waals surface area contributed by atoms with Crippen LogP contribution in [0.5, 0.6) is 0 Å². The summed E-state index contributed by atoms with van der Waals surface area (Å²) in [6, 6.07) is 0. The first-order valence-electron chi connectivity index (χ1n) is 10.1. The topological polar surface area (TPSA) is 108 Å². The summed E-state index contributed by atoms with van der Waals surface area (Å²) in [6.45, 7) is 7.13. The number of carbonyl (C=O) groups is 2. The van der Waals surface area contributed by atoms with Crippen LogP contribution in [0.25, 0.3) is 0 Å². The number of fused-ring (bicyclic) bond motifs is 1. The molecular weight excluding hydrogens is 424 g/mol. The predicted molar refractivity (Wildman–Crippen MR) is 108 cm³/mol. The van der Waals surface area contributed by atoms with E-state index in [0.29, 0.717) is 0 Å². The van der Waals surface area contributed by atoms with Gasteiger partial charge in [0.05, 0.1) is 19.3 Å². The van der Waals surface area contributed by atoms with Crippen molar-refractivity contribution in [3.63, 3.8) is 0 Å². The Hall–Kier alpha value is -2.16. The molecule has 0 unspecified atom stereocenters. The Bertz CT molecular complexity index is 805. The van der Waals surface area contributed by atoms with E-state index in [2.05, 4.69) is 12.5 Å². The van der Waals surface area contributed by atoms with Crippen LogP contribution >= 0.6 is 0 Å². The Balaban J connectivity index is 2.25. The number of terminal acetylenes is 1. The van der Waals surface area contributed by atoms with Crippen molar-refractivity contribution in [2.75, 3.05) is 41.5 Å². The van der Waals surface area contributed by atoms with Crippen LogP contribution in [0.1, 0.15) is 20.3 Å². The van der Waals surface area contributed by atoms with E-state index in [-0.39, 0.29) is 32.4 Å². The largest absolute Gasteiger partial charge is 0.478 e. The monoisotopic (exact) mass is 454 g/mol. The number of methoxy groups -OCH3 is 3. The molecule has 0 amide bonds. The van der Waals surface area contributed by atoms with Gasteiger partial charge in [0.15, 0.2) is 17.1 Å². The molecule has 3 aliphatic rings. The summed E-state index contributed by atoms with van der Waals surface area (Å²) in [5.41, 5.74) is -4.38. The molecule has 7 atom stereocenters. The highest BCUT2D eigenvalue weighted by Gasteiger charge is 2.86. The minimum Gasteiger partial charge on any atom is -0.478 e. The molecule has 10 heteroatoms. The van der Waals surface area contributed by atoms with E-state index < -0.39 is 52.8 Å². The third-order valence-electron chi connectivity index (χ3n) is 6.56. The number of ether oxygens (including phenoxy) is 8. The van der Waals surface area contributed by atoms with Gasteiger partial charge in [0.1, 0.15) is 31.6 Å². The fraction of sp³-hybridized carbons (Fsp3) is 0.727. The third-order valence-corrected chi connectivity index (χ3v) is 6.56. The van der Waals surface area contributed by atoms with Crippen LogP contribution < -0.4 is 0 Å². The minimum absolute atomic E-state index is 0.0300. The van der Waals surface area contributed by atoms with Gasteiger partial charge in [-0.3, -0.25) is 9.59 Å². The summed E-state index contributed by atoms with van der Waals surface area (Å²) in [5.74, 6) is 0.831. The summed E-state index contributed by atoms with van der Waals surface area (Å²) >= 11 is 0. The maximum absolute atomic E-state index is 13.5. The number of carbonyl (C=O) groups excluding carboxylic acids is 2. The first kappa shape index (κ1) is 24.5. The molecule has 1 aliphatic carbocycles. The summed E-state index contributed by atoms with van der Waals surface area (Å²) < 4.78 is 45.3. The van der Waals surface area contributed by atoms with Crippen molar-refractivity contribution in [2.24, 2.45) is 11.3 Å². The zero-order chi connectivity index (χ0) is 23.7. The fourth-order valence-corrected chi connectivity index (χ4v) is 5.49. The molecule has 0 aromatic heterocycles. The summed E-state index contributed by atoms with van der Waals surface area (Å²) in [7, 11) is 4.20. The average Bonchev–Trinajstić information content (AvgIpc) is 3.11. The molecule has 2 aliphatic heterocycles. The van der Waals surface area contributed by atoms with E-state index in [0.717, 1.165) is 0 Å². The first-order valence-corrected chi connectivity index (χ1v) is 10.1. The van der Waals surface area contributed by atoms with Crippen LogP contribution in [0.4, 0.5) is 0 Å². The van der Waals surface area contributed by atoms with Gasteiger partial charge in [-0.2, -0.15) is 0 Å². The van der Waals surface area contributed by atoms with Crippen LogP contribution in [-0.4, -0.2) is 83.0 Å². The second kappa shape index (κ2) is 9.00. The van der Waals surface area contributed by atoms with Crippen LogP contribution in [0.15, 0.2) is 12.3 Å². The lowest BCUT2D eigenvalue weighted by Crippen LogP contribution is -2.69. The van der Waals surface area contributed by atoms with Gasteiger partial charge in [-0.05, 0) is 13.3 Å². The van der Waals surface area contributed by atoms with Crippen molar-refractivity contribution in [1.82, 2.24) is 0 Å². The predicted octanol–water partition coefficient (Wildman–Crippen LogP) is 0.780.